The topological polar surface area (TPSA) is 142 Å². The molecule has 10 heteroatoms. The van der Waals surface area contributed by atoms with Crippen LogP contribution >= 0.6 is 0 Å². The maximum atomic E-state index is 12.8. The Balaban J connectivity index is 1.90. The molecule has 3 N–H and O–H groups in total. The summed E-state index contributed by atoms with van der Waals surface area (Å²) in [6, 6.07) is 19.4. The van der Waals surface area contributed by atoms with Crippen LogP contribution in [0.2, 0.25) is 0 Å². The van der Waals surface area contributed by atoms with Gasteiger partial charge in [-0.1, -0.05) is 53.6 Å². The van der Waals surface area contributed by atoms with Gasteiger partial charge in [0.15, 0.2) is 0 Å². The minimum atomic E-state index is -1.06. The lowest BCUT2D eigenvalue weighted by Gasteiger charge is -2.14. The number of anilines is 2. The second-order valence-corrected chi connectivity index (χ2v) is 7.12. The number of carbonyl (C=O) groups is 3. The lowest BCUT2D eigenvalue weighted by molar-refractivity contribution is 0.0532. The molecule has 0 unspecified atom stereocenters. The van der Waals surface area contributed by atoms with E-state index in [1.54, 1.807) is 37.3 Å². The van der Waals surface area contributed by atoms with E-state index in [0.717, 1.165) is 5.56 Å². The van der Waals surface area contributed by atoms with E-state index in [2.05, 4.69) is 25.3 Å². The average Bonchev–Trinajstić information content (AvgIpc) is 2.87. The normalized spacial score (nSPS) is 10.6. The molecule has 180 valence electrons. The van der Waals surface area contributed by atoms with Gasteiger partial charge < -0.3 is 20.5 Å². The van der Waals surface area contributed by atoms with E-state index >= 15 is 0 Å². The first-order chi connectivity index (χ1) is 16.9. The highest BCUT2D eigenvalue weighted by Crippen LogP contribution is 2.28. The Morgan fingerprint density at radius 1 is 0.971 bits per heavy atom. The fourth-order valence-electron chi connectivity index (χ4n) is 3.27. The van der Waals surface area contributed by atoms with Gasteiger partial charge in [-0.25, -0.2) is 9.59 Å². The second-order valence-electron chi connectivity index (χ2n) is 7.12. The van der Waals surface area contributed by atoms with Gasteiger partial charge in [-0.05, 0) is 41.8 Å². The molecule has 0 heterocycles. The molecule has 0 aliphatic carbocycles. The third-order valence-corrected chi connectivity index (χ3v) is 4.88. The molecule has 0 aliphatic heterocycles. The molecule has 3 rings (SSSR count). The van der Waals surface area contributed by atoms with Crippen molar-refractivity contribution in [2.24, 2.45) is 10.4 Å². The summed E-state index contributed by atoms with van der Waals surface area (Å²) in [4.78, 5) is 40.7. The number of hydrogen-bond acceptors (Lipinski definition) is 9. The van der Waals surface area contributed by atoms with Crippen molar-refractivity contribution in [3.05, 3.63) is 83.4 Å². The number of methoxy groups -OCH3 is 1. The Labute approximate surface area is 201 Å². The number of rotatable bonds is 8. The summed E-state index contributed by atoms with van der Waals surface area (Å²) in [5.41, 5.74) is 9.47. The highest BCUT2D eigenvalue weighted by Gasteiger charge is 2.17. The SMILES string of the molecule is CCOC(=O)ON=NC(=O)c1cc(CNc2c(N)cccc2C(=O)OC)ccc1-c1ccccc1. The molecule has 0 spiro atoms. The lowest BCUT2D eigenvalue weighted by Crippen LogP contribution is -2.11. The van der Waals surface area contributed by atoms with Gasteiger partial charge in [0.1, 0.15) is 0 Å². The van der Waals surface area contributed by atoms with Gasteiger partial charge >= 0.3 is 12.1 Å². The summed E-state index contributed by atoms with van der Waals surface area (Å²) in [6.45, 7) is 1.94. The van der Waals surface area contributed by atoms with Crippen LogP contribution in [0.1, 0.15) is 33.2 Å². The molecule has 35 heavy (non-hydrogen) atoms. The largest absolute Gasteiger partial charge is 0.536 e. The number of amides is 1. The van der Waals surface area contributed by atoms with Crippen LogP contribution < -0.4 is 11.1 Å². The zero-order valence-corrected chi connectivity index (χ0v) is 19.2. The number of nitrogen functional groups attached to an aromatic ring is 1. The van der Waals surface area contributed by atoms with E-state index in [4.69, 9.17) is 10.5 Å². The Morgan fingerprint density at radius 2 is 1.74 bits per heavy atom. The predicted molar refractivity (Wildman–Crippen MR) is 129 cm³/mol. The van der Waals surface area contributed by atoms with Crippen molar-refractivity contribution in [1.82, 2.24) is 0 Å². The van der Waals surface area contributed by atoms with Crippen molar-refractivity contribution in [3.8, 4) is 11.1 Å². The fraction of sp³-hybridized carbons (Fsp3) is 0.160. The Bertz CT molecular complexity index is 1240. The van der Waals surface area contributed by atoms with Crippen molar-refractivity contribution < 1.29 is 28.7 Å². The van der Waals surface area contributed by atoms with Gasteiger partial charge in [0.05, 0.1) is 36.2 Å². The number of carbonyl (C=O) groups excluding carboxylic acids is 3. The third kappa shape index (κ3) is 6.41. The first-order valence-corrected chi connectivity index (χ1v) is 10.6. The van der Waals surface area contributed by atoms with Gasteiger partial charge in [0.25, 0.3) is 5.91 Å². The number of nitrogens with zero attached hydrogens (tertiary/aromatic N) is 2. The van der Waals surface area contributed by atoms with Crippen molar-refractivity contribution in [3.63, 3.8) is 0 Å². The second kappa shape index (κ2) is 11.9. The van der Waals surface area contributed by atoms with Crippen molar-refractivity contribution >= 4 is 29.4 Å². The van der Waals surface area contributed by atoms with Gasteiger partial charge in [0, 0.05) is 11.8 Å². The predicted octanol–water partition coefficient (Wildman–Crippen LogP) is 5.02. The number of benzene rings is 3. The highest BCUT2D eigenvalue weighted by molar-refractivity contribution is 6.01. The van der Waals surface area contributed by atoms with E-state index in [-0.39, 0.29) is 24.3 Å². The van der Waals surface area contributed by atoms with E-state index in [1.807, 2.05) is 36.4 Å². The number of nitrogens with two attached hydrogens (primary N) is 1. The minimum Gasteiger partial charge on any atom is -0.465 e. The maximum Gasteiger partial charge on any atom is 0.536 e. The summed E-state index contributed by atoms with van der Waals surface area (Å²) < 4.78 is 9.40. The molecule has 0 aliphatic rings. The summed E-state index contributed by atoms with van der Waals surface area (Å²) in [5.74, 6) is -1.25. The van der Waals surface area contributed by atoms with Crippen molar-refractivity contribution in [2.75, 3.05) is 24.8 Å². The summed E-state index contributed by atoms with van der Waals surface area (Å²) in [5, 5.41) is 9.81. The molecular weight excluding hydrogens is 452 g/mol. The molecule has 0 atom stereocenters. The van der Waals surface area contributed by atoms with Crippen LogP contribution in [0.5, 0.6) is 0 Å². The van der Waals surface area contributed by atoms with Crippen LogP contribution in [0.15, 0.2) is 77.1 Å². The molecule has 0 radical (unpaired) electrons. The molecule has 0 saturated carbocycles. The molecule has 10 nitrogen and oxygen atoms in total. The fourth-order valence-corrected chi connectivity index (χ4v) is 3.27. The summed E-state index contributed by atoms with van der Waals surface area (Å²) >= 11 is 0. The van der Waals surface area contributed by atoms with Crippen LogP contribution in [0.25, 0.3) is 11.1 Å². The van der Waals surface area contributed by atoms with Crippen molar-refractivity contribution in [1.29, 1.82) is 0 Å². The van der Waals surface area contributed by atoms with E-state index in [0.29, 0.717) is 22.5 Å². The standard InChI is InChI=1S/C25H24N4O6/c1-3-34-25(32)35-29-28-23(30)20-14-16(12-13-18(20)17-8-5-4-6-9-17)15-27-22-19(24(31)33-2)10-7-11-21(22)26/h4-14,27H,3,15,26H2,1-2H3. The maximum absolute atomic E-state index is 12.8. The van der Waals surface area contributed by atoms with Crippen LogP contribution in [0.4, 0.5) is 16.2 Å². The monoisotopic (exact) mass is 476 g/mol. The van der Waals surface area contributed by atoms with Gasteiger partial charge in [-0.3, -0.25) is 9.63 Å². The van der Waals surface area contributed by atoms with Gasteiger partial charge in [-0.15, -0.1) is 0 Å². The average molecular weight is 476 g/mol. The smallest absolute Gasteiger partial charge is 0.465 e. The number of para-hydroxylation sites is 1. The summed E-state index contributed by atoms with van der Waals surface area (Å²) in [6.07, 6.45) is -1.06. The van der Waals surface area contributed by atoms with Crippen LogP contribution in [0, 0.1) is 0 Å². The van der Waals surface area contributed by atoms with E-state index in [9.17, 15) is 14.4 Å². The Morgan fingerprint density at radius 3 is 2.46 bits per heavy atom. The number of esters is 1. The molecule has 3 aromatic carbocycles. The number of hydrogen-bond donors (Lipinski definition) is 2. The van der Waals surface area contributed by atoms with E-state index < -0.39 is 18.0 Å². The minimum absolute atomic E-state index is 0.0964. The first-order valence-electron chi connectivity index (χ1n) is 10.6. The Hall–Kier alpha value is -4.73. The zero-order valence-electron chi connectivity index (χ0n) is 19.2. The molecule has 0 aromatic heterocycles. The first kappa shape index (κ1) is 24.9. The van der Waals surface area contributed by atoms with Crippen LogP contribution in [-0.4, -0.2) is 31.7 Å². The number of nitrogens with one attached hydrogen (secondary N) is 1. The molecule has 0 saturated heterocycles. The zero-order chi connectivity index (χ0) is 25.2. The molecule has 0 fully saturated rings. The third-order valence-electron chi connectivity index (χ3n) is 4.88. The molecule has 1 amide bonds. The molecule has 3 aromatic rings. The Kier molecular flexibility index (Phi) is 8.49. The van der Waals surface area contributed by atoms with Crippen LogP contribution in [0.3, 0.4) is 0 Å². The quantitative estimate of drug-likeness (QED) is 0.200. The molecule has 0 bridgehead atoms. The van der Waals surface area contributed by atoms with Gasteiger partial charge in [-0.2, -0.15) is 0 Å². The van der Waals surface area contributed by atoms with Crippen molar-refractivity contribution in [2.45, 2.75) is 13.5 Å². The number of ether oxygens (including phenoxy) is 2. The molecular formula is C25H24N4O6. The summed E-state index contributed by atoms with van der Waals surface area (Å²) in [7, 11) is 1.29. The van der Waals surface area contributed by atoms with Crippen LogP contribution in [-0.2, 0) is 20.9 Å². The lowest BCUT2D eigenvalue weighted by atomic mass is 9.97. The van der Waals surface area contributed by atoms with E-state index in [1.165, 1.54) is 7.11 Å². The highest BCUT2D eigenvalue weighted by atomic mass is 16.8. The van der Waals surface area contributed by atoms with Gasteiger partial charge in [0.2, 0.25) is 0 Å².